The molecule has 0 aliphatic heterocycles. The molecule has 50 heavy (non-hydrogen) atoms. The topological polar surface area (TPSA) is 8.17 Å². The van der Waals surface area contributed by atoms with E-state index in [0.717, 1.165) is 22.7 Å². The SMILES string of the molecule is c1ccc(-c2ccc(N(c3ccc(-c4ccccc4)cc3)c3ccc4c5ccccc5n(-c5ccc(-c6ccccc6)cc5)c4c3)cc2)cc1. The predicted octanol–water partition coefficient (Wildman–Crippen LogP) is 13.3. The molecular formula is C48H34N2. The van der Waals surface area contributed by atoms with Crippen LogP contribution in [0.4, 0.5) is 17.1 Å². The summed E-state index contributed by atoms with van der Waals surface area (Å²) in [5, 5.41) is 2.47. The number of anilines is 3. The van der Waals surface area contributed by atoms with Gasteiger partial charge in [-0.2, -0.15) is 0 Å². The monoisotopic (exact) mass is 638 g/mol. The molecule has 236 valence electrons. The highest BCUT2D eigenvalue weighted by Gasteiger charge is 2.18. The van der Waals surface area contributed by atoms with Crippen LogP contribution in [0.2, 0.25) is 0 Å². The lowest BCUT2D eigenvalue weighted by Gasteiger charge is -2.26. The van der Waals surface area contributed by atoms with E-state index in [1.807, 2.05) is 0 Å². The number of rotatable bonds is 7. The molecule has 0 saturated heterocycles. The van der Waals surface area contributed by atoms with Gasteiger partial charge in [0.05, 0.1) is 11.0 Å². The molecule has 0 aliphatic carbocycles. The Hall–Kier alpha value is -6.64. The van der Waals surface area contributed by atoms with Crippen LogP contribution in [0.25, 0.3) is 60.9 Å². The van der Waals surface area contributed by atoms with Crippen molar-refractivity contribution in [3.63, 3.8) is 0 Å². The van der Waals surface area contributed by atoms with Crippen LogP contribution in [0.1, 0.15) is 0 Å². The summed E-state index contributed by atoms with van der Waals surface area (Å²) in [6.45, 7) is 0. The van der Waals surface area contributed by atoms with Gasteiger partial charge in [0.15, 0.2) is 0 Å². The number of nitrogens with zero attached hydrogens (tertiary/aromatic N) is 2. The second kappa shape index (κ2) is 12.8. The Morgan fingerprint density at radius 1 is 0.280 bits per heavy atom. The van der Waals surface area contributed by atoms with Crippen molar-refractivity contribution in [3.05, 3.63) is 206 Å². The molecule has 0 radical (unpaired) electrons. The predicted molar refractivity (Wildman–Crippen MR) is 212 cm³/mol. The van der Waals surface area contributed by atoms with Gasteiger partial charge < -0.3 is 9.47 Å². The fraction of sp³-hybridized carbons (Fsp3) is 0. The fourth-order valence-corrected chi connectivity index (χ4v) is 7.12. The zero-order valence-electron chi connectivity index (χ0n) is 27.5. The molecule has 1 heterocycles. The van der Waals surface area contributed by atoms with E-state index < -0.39 is 0 Å². The molecule has 0 amide bonds. The van der Waals surface area contributed by atoms with Gasteiger partial charge in [-0.3, -0.25) is 0 Å². The molecule has 0 spiro atoms. The van der Waals surface area contributed by atoms with Crippen molar-refractivity contribution >= 4 is 38.9 Å². The molecule has 9 rings (SSSR count). The van der Waals surface area contributed by atoms with E-state index in [4.69, 9.17) is 0 Å². The molecular weight excluding hydrogens is 605 g/mol. The maximum atomic E-state index is 2.40. The molecule has 9 aromatic rings. The first kappa shape index (κ1) is 29.5. The Morgan fingerprint density at radius 3 is 1.16 bits per heavy atom. The molecule has 0 saturated carbocycles. The normalized spacial score (nSPS) is 11.2. The lowest BCUT2D eigenvalue weighted by molar-refractivity contribution is 1.18. The van der Waals surface area contributed by atoms with Crippen LogP contribution in [0.15, 0.2) is 206 Å². The van der Waals surface area contributed by atoms with Gasteiger partial charge in [-0.05, 0) is 88.0 Å². The lowest BCUT2D eigenvalue weighted by atomic mass is 10.0. The fourth-order valence-electron chi connectivity index (χ4n) is 7.12. The summed E-state index contributed by atoms with van der Waals surface area (Å²) in [5.41, 5.74) is 14.0. The Bertz CT molecular complexity index is 2450. The van der Waals surface area contributed by atoms with E-state index in [1.54, 1.807) is 0 Å². The summed E-state index contributed by atoms with van der Waals surface area (Å²) >= 11 is 0. The summed E-state index contributed by atoms with van der Waals surface area (Å²) in [4.78, 5) is 2.36. The zero-order chi connectivity index (χ0) is 33.3. The maximum absolute atomic E-state index is 2.40. The third-order valence-electron chi connectivity index (χ3n) is 9.61. The number of benzene rings is 8. The number of hydrogen-bond acceptors (Lipinski definition) is 1. The molecule has 0 fully saturated rings. The summed E-state index contributed by atoms with van der Waals surface area (Å²) in [6, 6.07) is 74.0. The summed E-state index contributed by atoms with van der Waals surface area (Å²) < 4.78 is 2.40. The molecule has 0 N–H and O–H groups in total. The highest BCUT2D eigenvalue weighted by atomic mass is 15.1. The van der Waals surface area contributed by atoms with Crippen LogP contribution in [-0.2, 0) is 0 Å². The first-order valence-corrected chi connectivity index (χ1v) is 17.1. The van der Waals surface area contributed by atoms with E-state index in [-0.39, 0.29) is 0 Å². The first-order valence-electron chi connectivity index (χ1n) is 17.1. The van der Waals surface area contributed by atoms with Crippen molar-refractivity contribution in [2.75, 3.05) is 4.90 Å². The van der Waals surface area contributed by atoms with Gasteiger partial charge in [0.25, 0.3) is 0 Å². The van der Waals surface area contributed by atoms with Gasteiger partial charge in [0, 0.05) is 33.5 Å². The van der Waals surface area contributed by atoms with Gasteiger partial charge in [-0.25, -0.2) is 0 Å². The molecule has 0 aliphatic rings. The second-order valence-corrected chi connectivity index (χ2v) is 12.6. The third-order valence-corrected chi connectivity index (χ3v) is 9.61. The van der Waals surface area contributed by atoms with Crippen LogP contribution < -0.4 is 4.90 Å². The quantitative estimate of drug-likeness (QED) is 0.169. The Morgan fingerprint density at radius 2 is 0.660 bits per heavy atom. The first-order chi connectivity index (χ1) is 24.8. The van der Waals surface area contributed by atoms with Crippen LogP contribution in [-0.4, -0.2) is 4.57 Å². The number of fused-ring (bicyclic) bond motifs is 3. The number of hydrogen-bond donors (Lipinski definition) is 0. The lowest BCUT2D eigenvalue weighted by Crippen LogP contribution is -2.10. The van der Waals surface area contributed by atoms with Crippen molar-refractivity contribution in [2.24, 2.45) is 0 Å². The standard InChI is InChI=1S/C48H34N2/c1-4-12-35(13-5-1)38-20-26-41(27-21-38)49(42-28-22-39(23-29-42)36-14-6-2-7-15-36)44-32-33-46-45-18-10-11-19-47(45)50(48(46)34-44)43-30-24-40(25-31-43)37-16-8-3-9-17-37/h1-34H. The van der Waals surface area contributed by atoms with Crippen molar-refractivity contribution in [3.8, 4) is 39.1 Å². The zero-order valence-corrected chi connectivity index (χ0v) is 27.5. The van der Waals surface area contributed by atoms with Gasteiger partial charge >= 0.3 is 0 Å². The van der Waals surface area contributed by atoms with Crippen LogP contribution in [0.5, 0.6) is 0 Å². The van der Waals surface area contributed by atoms with Gasteiger partial charge in [0.2, 0.25) is 0 Å². The molecule has 0 atom stereocenters. The molecule has 2 heteroatoms. The van der Waals surface area contributed by atoms with Crippen molar-refractivity contribution in [2.45, 2.75) is 0 Å². The minimum absolute atomic E-state index is 1.10. The second-order valence-electron chi connectivity index (χ2n) is 12.6. The highest BCUT2D eigenvalue weighted by Crippen LogP contribution is 2.41. The summed E-state index contributed by atoms with van der Waals surface area (Å²) in [5.74, 6) is 0. The van der Waals surface area contributed by atoms with E-state index in [0.29, 0.717) is 0 Å². The maximum Gasteiger partial charge on any atom is 0.0561 e. The number of para-hydroxylation sites is 1. The molecule has 1 aromatic heterocycles. The highest BCUT2D eigenvalue weighted by molar-refractivity contribution is 6.10. The minimum atomic E-state index is 1.10. The van der Waals surface area contributed by atoms with Crippen molar-refractivity contribution in [1.29, 1.82) is 0 Å². The van der Waals surface area contributed by atoms with Crippen molar-refractivity contribution in [1.82, 2.24) is 4.57 Å². The van der Waals surface area contributed by atoms with E-state index in [2.05, 4.69) is 216 Å². The smallest absolute Gasteiger partial charge is 0.0561 e. The van der Waals surface area contributed by atoms with E-state index in [9.17, 15) is 0 Å². The largest absolute Gasteiger partial charge is 0.310 e. The van der Waals surface area contributed by atoms with E-state index >= 15 is 0 Å². The average molecular weight is 639 g/mol. The average Bonchev–Trinajstić information content (AvgIpc) is 3.53. The molecule has 8 aromatic carbocycles. The molecule has 0 bridgehead atoms. The minimum Gasteiger partial charge on any atom is -0.310 e. The summed E-state index contributed by atoms with van der Waals surface area (Å²) in [6.07, 6.45) is 0. The van der Waals surface area contributed by atoms with Crippen LogP contribution in [0.3, 0.4) is 0 Å². The van der Waals surface area contributed by atoms with Gasteiger partial charge in [-0.1, -0.05) is 152 Å². The van der Waals surface area contributed by atoms with E-state index in [1.165, 1.54) is 55.2 Å². The van der Waals surface area contributed by atoms with Crippen LogP contribution in [0, 0.1) is 0 Å². The van der Waals surface area contributed by atoms with Gasteiger partial charge in [0.1, 0.15) is 0 Å². The number of aromatic nitrogens is 1. The van der Waals surface area contributed by atoms with Crippen LogP contribution >= 0.6 is 0 Å². The Labute approximate surface area is 292 Å². The molecule has 2 nitrogen and oxygen atoms in total. The van der Waals surface area contributed by atoms with Gasteiger partial charge in [-0.15, -0.1) is 0 Å². The summed E-state index contributed by atoms with van der Waals surface area (Å²) in [7, 11) is 0. The Balaban J connectivity index is 1.19. The van der Waals surface area contributed by atoms with Crippen molar-refractivity contribution < 1.29 is 0 Å². The third kappa shape index (κ3) is 5.43. The Kier molecular flexibility index (Phi) is 7.53. The molecule has 0 unspecified atom stereocenters.